The van der Waals surface area contributed by atoms with Gasteiger partial charge in [0, 0.05) is 23.7 Å². The molecule has 0 unspecified atom stereocenters. The highest BCUT2D eigenvalue weighted by Gasteiger charge is 2.33. The summed E-state index contributed by atoms with van der Waals surface area (Å²) in [6.45, 7) is 6.04. The van der Waals surface area contributed by atoms with Gasteiger partial charge in [-0.3, -0.25) is 9.36 Å². The average molecular weight is 534 g/mol. The van der Waals surface area contributed by atoms with Crippen LogP contribution in [0.15, 0.2) is 74.5 Å². The third kappa shape index (κ3) is 5.18. The van der Waals surface area contributed by atoms with E-state index in [2.05, 4.69) is 34.2 Å². The number of thioether (sulfide) groups is 1. The Morgan fingerprint density at radius 2 is 1.81 bits per heavy atom. The van der Waals surface area contributed by atoms with Crippen molar-refractivity contribution >= 4 is 40.8 Å². The van der Waals surface area contributed by atoms with Gasteiger partial charge in [0.15, 0.2) is 4.80 Å². The maximum atomic E-state index is 13.8. The Hall–Kier alpha value is -3.10. The molecule has 2 aromatic carbocycles. The van der Waals surface area contributed by atoms with E-state index in [1.165, 1.54) is 36.3 Å². The van der Waals surface area contributed by atoms with Gasteiger partial charge in [-0.15, -0.1) is 11.8 Å². The van der Waals surface area contributed by atoms with Crippen molar-refractivity contribution in [3.63, 3.8) is 0 Å². The summed E-state index contributed by atoms with van der Waals surface area (Å²) in [5.74, 6) is -0.440. The molecule has 0 saturated carbocycles. The molecule has 2 aliphatic heterocycles. The zero-order valence-corrected chi connectivity index (χ0v) is 23.0. The molecule has 37 heavy (non-hydrogen) atoms. The largest absolute Gasteiger partial charge is 0.463 e. The van der Waals surface area contributed by atoms with Gasteiger partial charge in [0.2, 0.25) is 0 Å². The van der Waals surface area contributed by atoms with Gasteiger partial charge >= 0.3 is 5.97 Å². The first-order chi connectivity index (χ1) is 18.0. The highest BCUT2D eigenvalue weighted by Crippen LogP contribution is 2.31. The molecule has 0 spiro atoms. The summed E-state index contributed by atoms with van der Waals surface area (Å²) in [7, 11) is 0. The highest BCUT2D eigenvalue weighted by molar-refractivity contribution is 7.98. The summed E-state index contributed by atoms with van der Waals surface area (Å²) < 4.78 is 7.62. The Balaban J connectivity index is 1.58. The Bertz CT molecular complexity index is 1500. The molecule has 1 atom stereocenters. The number of aromatic nitrogens is 1. The number of hydrogen-bond acceptors (Lipinski definition) is 7. The van der Waals surface area contributed by atoms with E-state index in [0.29, 0.717) is 20.6 Å². The van der Waals surface area contributed by atoms with Crippen LogP contribution < -0.4 is 19.8 Å². The summed E-state index contributed by atoms with van der Waals surface area (Å²) in [6, 6.07) is 15.8. The summed E-state index contributed by atoms with van der Waals surface area (Å²) in [5.41, 5.74) is 3.88. The average Bonchev–Trinajstić information content (AvgIpc) is 3.23. The summed E-state index contributed by atoms with van der Waals surface area (Å²) in [6.07, 6.45) is 7.70. The van der Waals surface area contributed by atoms with Gasteiger partial charge in [-0.05, 0) is 80.8 Å². The van der Waals surface area contributed by atoms with Gasteiger partial charge in [0.05, 0.1) is 28.5 Å². The molecule has 0 radical (unpaired) electrons. The molecule has 1 fully saturated rings. The molecule has 3 heterocycles. The number of nitrogens with zero attached hydrogens (tertiary/aromatic N) is 3. The minimum Gasteiger partial charge on any atom is -0.463 e. The lowest BCUT2D eigenvalue weighted by Gasteiger charge is -2.28. The molecular formula is C29H31N3O3S2. The van der Waals surface area contributed by atoms with Crippen molar-refractivity contribution in [2.45, 2.75) is 44.0 Å². The Labute approximate surface area is 225 Å². The SMILES string of the molecule is CCOC(=O)C1=C(C)N=c2s/c(=C/c3ccc(N4CCCCC4)cc3)c(=O)n2[C@@H]1c1ccc(SC)cc1. The smallest absolute Gasteiger partial charge is 0.338 e. The van der Waals surface area contributed by atoms with Gasteiger partial charge in [-0.1, -0.05) is 35.6 Å². The van der Waals surface area contributed by atoms with E-state index in [4.69, 9.17) is 4.74 Å². The van der Waals surface area contributed by atoms with Crippen LogP contribution in [0.1, 0.15) is 50.3 Å². The van der Waals surface area contributed by atoms with E-state index in [-0.39, 0.29) is 12.2 Å². The second-order valence-electron chi connectivity index (χ2n) is 9.21. The molecule has 0 bridgehead atoms. The number of carbonyl (C=O) groups excluding carboxylic acids is 1. The maximum absolute atomic E-state index is 13.8. The first kappa shape index (κ1) is 25.5. The fraction of sp³-hybridized carbons (Fsp3) is 0.345. The van der Waals surface area contributed by atoms with Gasteiger partial charge in [0.25, 0.3) is 5.56 Å². The third-order valence-electron chi connectivity index (χ3n) is 6.86. The van der Waals surface area contributed by atoms with Crippen LogP contribution >= 0.6 is 23.1 Å². The van der Waals surface area contributed by atoms with Crippen LogP contribution in [0.3, 0.4) is 0 Å². The molecule has 6 nitrogen and oxygen atoms in total. The van der Waals surface area contributed by atoms with Crippen molar-refractivity contribution in [3.05, 3.63) is 90.6 Å². The van der Waals surface area contributed by atoms with Crippen LogP contribution in [-0.4, -0.2) is 36.5 Å². The minimum atomic E-state index is -0.588. The molecule has 8 heteroatoms. The standard InChI is InChI=1S/C29H31N3O3S2/c1-4-35-28(34)25-19(2)30-29-32(26(25)21-10-14-23(36-3)15-11-21)27(33)24(37-29)18-20-8-12-22(13-9-20)31-16-6-5-7-17-31/h8-15,18,26H,4-7,16-17H2,1-3H3/b24-18+/t26-/m1/s1. The van der Waals surface area contributed by atoms with Crippen molar-refractivity contribution in [3.8, 4) is 0 Å². The Morgan fingerprint density at radius 3 is 2.46 bits per heavy atom. The third-order valence-corrected chi connectivity index (χ3v) is 8.59. The molecule has 5 rings (SSSR count). The van der Waals surface area contributed by atoms with E-state index < -0.39 is 12.0 Å². The van der Waals surface area contributed by atoms with Crippen molar-refractivity contribution in [1.82, 2.24) is 4.57 Å². The lowest BCUT2D eigenvalue weighted by Crippen LogP contribution is -2.39. The number of carbonyl (C=O) groups is 1. The van der Waals surface area contributed by atoms with Crippen LogP contribution in [0, 0.1) is 0 Å². The second-order valence-corrected chi connectivity index (χ2v) is 11.1. The lowest BCUT2D eigenvalue weighted by atomic mass is 9.96. The molecule has 3 aromatic rings. The zero-order chi connectivity index (χ0) is 25.9. The van der Waals surface area contributed by atoms with Gasteiger partial charge in [-0.2, -0.15) is 0 Å². The number of anilines is 1. The lowest BCUT2D eigenvalue weighted by molar-refractivity contribution is -0.139. The number of ether oxygens (including phenoxy) is 1. The number of piperidine rings is 1. The van der Waals surface area contributed by atoms with Crippen LogP contribution in [-0.2, 0) is 9.53 Å². The molecule has 1 aromatic heterocycles. The summed E-state index contributed by atoms with van der Waals surface area (Å²) >= 11 is 3.00. The van der Waals surface area contributed by atoms with Crippen LogP contribution in [0.5, 0.6) is 0 Å². The Kier molecular flexibility index (Phi) is 7.67. The zero-order valence-electron chi connectivity index (χ0n) is 21.4. The minimum absolute atomic E-state index is 0.155. The summed E-state index contributed by atoms with van der Waals surface area (Å²) in [5, 5.41) is 0. The first-order valence-electron chi connectivity index (χ1n) is 12.7. The van der Waals surface area contributed by atoms with Crippen molar-refractivity contribution in [2.24, 2.45) is 4.99 Å². The van der Waals surface area contributed by atoms with Crippen LogP contribution in [0.4, 0.5) is 5.69 Å². The number of rotatable bonds is 6. The van der Waals surface area contributed by atoms with Crippen LogP contribution in [0.25, 0.3) is 6.08 Å². The maximum Gasteiger partial charge on any atom is 0.338 e. The number of benzene rings is 2. The fourth-order valence-electron chi connectivity index (χ4n) is 4.98. The monoisotopic (exact) mass is 533 g/mol. The van der Waals surface area contributed by atoms with E-state index in [0.717, 1.165) is 29.1 Å². The van der Waals surface area contributed by atoms with Gasteiger partial charge in [-0.25, -0.2) is 9.79 Å². The number of allylic oxidation sites excluding steroid dienone is 1. The number of esters is 1. The molecule has 0 aliphatic carbocycles. The molecule has 2 aliphatic rings. The summed E-state index contributed by atoms with van der Waals surface area (Å²) in [4.78, 5) is 35.6. The van der Waals surface area contributed by atoms with E-state index >= 15 is 0 Å². The van der Waals surface area contributed by atoms with Gasteiger partial charge in [0.1, 0.15) is 0 Å². The van der Waals surface area contributed by atoms with Crippen molar-refractivity contribution in [1.29, 1.82) is 0 Å². The molecule has 0 N–H and O–H groups in total. The predicted molar refractivity (Wildman–Crippen MR) is 151 cm³/mol. The molecular weight excluding hydrogens is 502 g/mol. The van der Waals surface area contributed by atoms with E-state index in [1.807, 2.05) is 43.5 Å². The van der Waals surface area contributed by atoms with Crippen molar-refractivity contribution in [2.75, 3.05) is 30.9 Å². The number of thiazole rings is 1. The second kappa shape index (κ2) is 11.1. The first-order valence-corrected chi connectivity index (χ1v) is 14.7. The molecule has 192 valence electrons. The topological polar surface area (TPSA) is 63.9 Å². The van der Waals surface area contributed by atoms with Crippen molar-refractivity contribution < 1.29 is 9.53 Å². The molecule has 1 saturated heterocycles. The quantitative estimate of drug-likeness (QED) is 0.345. The number of fused-ring (bicyclic) bond motifs is 1. The predicted octanol–water partition coefficient (Wildman–Crippen LogP) is 4.51. The van der Waals surface area contributed by atoms with Crippen LogP contribution in [0.2, 0.25) is 0 Å². The highest BCUT2D eigenvalue weighted by atomic mass is 32.2. The van der Waals surface area contributed by atoms with E-state index in [1.54, 1.807) is 23.3 Å². The Morgan fingerprint density at radius 1 is 1.11 bits per heavy atom. The number of hydrogen-bond donors (Lipinski definition) is 0. The van der Waals surface area contributed by atoms with Gasteiger partial charge < -0.3 is 9.64 Å². The fourth-order valence-corrected chi connectivity index (χ4v) is 6.43. The van der Waals surface area contributed by atoms with E-state index in [9.17, 15) is 9.59 Å². The molecule has 0 amide bonds. The normalized spacial score (nSPS) is 18.0.